The summed E-state index contributed by atoms with van der Waals surface area (Å²) in [5, 5.41) is 0.929. The highest BCUT2D eigenvalue weighted by Crippen LogP contribution is 2.37. The molecule has 0 N–H and O–H groups in total. The fourth-order valence-corrected chi connectivity index (χ4v) is 4.91. The first kappa shape index (κ1) is 22.5. The van der Waals surface area contributed by atoms with E-state index in [-0.39, 0.29) is 12.4 Å². The first-order valence-electron chi connectivity index (χ1n) is 11.8. The number of halogens is 2. The molecule has 0 unspecified atom stereocenters. The molecule has 0 heterocycles. The van der Waals surface area contributed by atoms with Crippen molar-refractivity contribution in [2.45, 2.75) is 57.8 Å². The summed E-state index contributed by atoms with van der Waals surface area (Å²) < 4.78 is 34.2. The Hall–Kier alpha value is -2.68. The van der Waals surface area contributed by atoms with Crippen LogP contribution in [-0.4, -0.2) is 6.61 Å². The lowest BCUT2D eigenvalue weighted by Crippen LogP contribution is -2.12. The maximum Gasteiger partial charge on any atom is 0.201 e. The Morgan fingerprint density at radius 3 is 2.28 bits per heavy atom. The van der Waals surface area contributed by atoms with Crippen molar-refractivity contribution >= 4 is 10.8 Å². The minimum atomic E-state index is -0.944. The van der Waals surface area contributed by atoms with Gasteiger partial charge in [0.25, 0.3) is 0 Å². The van der Waals surface area contributed by atoms with E-state index < -0.39 is 11.6 Å². The quantitative estimate of drug-likeness (QED) is 0.325. The average molecular weight is 435 g/mol. The summed E-state index contributed by atoms with van der Waals surface area (Å²) in [5.41, 5.74) is 3.73. The van der Waals surface area contributed by atoms with Crippen LogP contribution in [0.5, 0.6) is 5.75 Å². The molecule has 0 spiro atoms. The van der Waals surface area contributed by atoms with Crippen molar-refractivity contribution < 1.29 is 13.5 Å². The lowest BCUT2D eigenvalue weighted by molar-refractivity contribution is 0.319. The van der Waals surface area contributed by atoms with E-state index in [1.54, 1.807) is 12.1 Å². The zero-order chi connectivity index (χ0) is 22.5. The first-order valence-corrected chi connectivity index (χ1v) is 11.8. The number of aryl methyl sites for hydroxylation is 2. The number of hydrogen-bond acceptors (Lipinski definition) is 1. The molecule has 1 aliphatic rings. The smallest absolute Gasteiger partial charge is 0.201 e. The highest BCUT2D eigenvalue weighted by molar-refractivity contribution is 5.85. The Morgan fingerprint density at radius 2 is 1.59 bits per heavy atom. The third-order valence-electron chi connectivity index (χ3n) is 6.98. The monoisotopic (exact) mass is 434 g/mol. The van der Waals surface area contributed by atoms with E-state index in [4.69, 9.17) is 4.74 Å². The van der Waals surface area contributed by atoms with E-state index in [0.29, 0.717) is 16.7 Å². The van der Waals surface area contributed by atoms with E-state index in [2.05, 4.69) is 37.8 Å². The topological polar surface area (TPSA) is 9.23 Å². The van der Waals surface area contributed by atoms with Gasteiger partial charge in [-0.2, -0.15) is 4.39 Å². The van der Waals surface area contributed by atoms with Crippen LogP contribution in [0, 0.1) is 17.6 Å². The molecule has 1 aliphatic carbocycles. The highest BCUT2D eigenvalue weighted by Gasteiger charge is 2.21. The fourth-order valence-electron chi connectivity index (χ4n) is 4.91. The van der Waals surface area contributed by atoms with Crippen molar-refractivity contribution in [3.05, 3.63) is 89.5 Å². The van der Waals surface area contributed by atoms with Crippen LogP contribution >= 0.6 is 0 Å². The van der Waals surface area contributed by atoms with Crippen LogP contribution in [-0.2, 0) is 12.8 Å². The van der Waals surface area contributed by atoms with Crippen molar-refractivity contribution in [2.75, 3.05) is 6.61 Å². The van der Waals surface area contributed by atoms with Crippen LogP contribution in [0.4, 0.5) is 8.78 Å². The third kappa shape index (κ3) is 5.03. The summed E-state index contributed by atoms with van der Waals surface area (Å²) >= 11 is 0. The van der Waals surface area contributed by atoms with Gasteiger partial charge < -0.3 is 4.74 Å². The van der Waals surface area contributed by atoms with Gasteiger partial charge in [0.1, 0.15) is 6.61 Å². The molecule has 0 saturated heterocycles. The molecule has 0 atom stereocenters. The van der Waals surface area contributed by atoms with E-state index in [0.717, 1.165) is 24.3 Å². The summed E-state index contributed by atoms with van der Waals surface area (Å²) in [6, 6.07) is 16.1. The second kappa shape index (κ2) is 10.3. The molecule has 0 aliphatic heterocycles. The van der Waals surface area contributed by atoms with Crippen molar-refractivity contribution in [2.24, 2.45) is 5.92 Å². The number of hydrogen-bond donors (Lipinski definition) is 0. The molecule has 4 rings (SSSR count). The van der Waals surface area contributed by atoms with E-state index in [1.807, 2.05) is 12.1 Å². The molecular formula is C29H32F2O. The van der Waals surface area contributed by atoms with Crippen molar-refractivity contribution in [1.82, 2.24) is 0 Å². The van der Waals surface area contributed by atoms with E-state index in [1.165, 1.54) is 49.3 Å². The van der Waals surface area contributed by atoms with Gasteiger partial charge in [0, 0.05) is 5.39 Å². The molecule has 1 fully saturated rings. The second-order valence-electron chi connectivity index (χ2n) is 9.03. The predicted molar refractivity (Wildman–Crippen MR) is 128 cm³/mol. The summed E-state index contributed by atoms with van der Waals surface area (Å²) in [4.78, 5) is 0. The molecule has 0 aromatic heterocycles. The van der Waals surface area contributed by atoms with Crippen LogP contribution < -0.4 is 4.74 Å². The summed E-state index contributed by atoms with van der Waals surface area (Å²) in [7, 11) is 0. The Kier molecular flexibility index (Phi) is 7.24. The van der Waals surface area contributed by atoms with Crippen molar-refractivity contribution in [3.63, 3.8) is 0 Å². The summed E-state index contributed by atoms with van der Waals surface area (Å²) in [5.74, 6) is -0.265. The number of fused-ring (bicyclic) bond motifs is 1. The molecule has 3 aromatic carbocycles. The predicted octanol–water partition coefficient (Wildman–Crippen LogP) is 8.15. The van der Waals surface area contributed by atoms with Gasteiger partial charge in [0.2, 0.25) is 5.82 Å². The molecule has 0 amide bonds. The first-order chi connectivity index (χ1) is 15.6. The Labute approximate surface area is 190 Å². The van der Waals surface area contributed by atoms with Gasteiger partial charge in [-0.3, -0.25) is 0 Å². The molecular weight excluding hydrogens is 402 g/mol. The summed E-state index contributed by atoms with van der Waals surface area (Å²) in [6.07, 6.45) is 9.78. The zero-order valence-electron chi connectivity index (χ0n) is 18.9. The molecule has 3 heteroatoms. The minimum absolute atomic E-state index is 0.0779. The lowest BCUT2D eigenvalue weighted by atomic mass is 9.78. The van der Waals surface area contributed by atoms with Gasteiger partial charge >= 0.3 is 0 Å². The van der Waals surface area contributed by atoms with Gasteiger partial charge in [-0.25, -0.2) is 4.39 Å². The second-order valence-corrected chi connectivity index (χ2v) is 9.03. The van der Waals surface area contributed by atoms with Crippen LogP contribution in [0.1, 0.15) is 61.6 Å². The average Bonchev–Trinajstić information content (AvgIpc) is 2.84. The van der Waals surface area contributed by atoms with Gasteiger partial charge in [0.05, 0.1) is 0 Å². The van der Waals surface area contributed by atoms with Crippen molar-refractivity contribution in [1.29, 1.82) is 0 Å². The maximum absolute atomic E-state index is 14.6. The summed E-state index contributed by atoms with van der Waals surface area (Å²) in [6.45, 7) is 5.98. The Morgan fingerprint density at radius 1 is 0.906 bits per heavy atom. The van der Waals surface area contributed by atoms with Gasteiger partial charge in [-0.05, 0) is 84.6 Å². The van der Waals surface area contributed by atoms with Crippen LogP contribution in [0.15, 0.2) is 61.2 Å². The molecule has 0 bridgehead atoms. The van der Waals surface area contributed by atoms with Gasteiger partial charge in [0.15, 0.2) is 11.6 Å². The Bertz CT molecular complexity index is 1060. The van der Waals surface area contributed by atoms with Crippen LogP contribution in [0.3, 0.4) is 0 Å². The SMILES string of the molecule is C=CCOc1cc2ccc(CCc3ccc(C4CCC(CC)CC4)cc3)cc2c(F)c1F. The molecule has 3 aromatic rings. The normalized spacial score (nSPS) is 18.6. The third-order valence-corrected chi connectivity index (χ3v) is 6.98. The number of benzene rings is 3. The molecule has 1 nitrogen and oxygen atoms in total. The molecule has 0 radical (unpaired) electrons. The largest absolute Gasteiger partial charge is 0.486 e. The Balaban J connectivity index is 1.41. The maximum atomic E-state index is 14.6. The van der Waals surface area contributed by atoms with Gasteiger partial charge in [-0.15, -0.1) is 0 Å². The molecule has 168 valence electrons. The highest BCUT2D eigenvalue weighted by atomic mass is 19.2. The van der Waals surface area contributed by atoms with Crippen molar-refractivity contribution in [3.8, 4) is 5.75 Å². The van der Waals surface area contributed by atoms with Crippen LogP contribution in [0.2, 0.25) is 0 Å². The standard InChI is InChI=1S/C29H32F2O/c1-3-17-32-27-19-25-16-11-22(18-26(25)28(30)29(27)31)6-5-21-9-14-24(15-10-21)23-12-7-20(4-2)8-13-23/h3,9-11,14-16,18-20,23H,1,4-8,12-13,17H2,2H3. The molecule has 1 saturated carbocycles. The lowest BCUT2D eigenvalue weighted by Gasteiger charge is -2.28. The number of ether oxygens (including phenoxy) is 1. The zero-order valence-corrected chi connectivity index (χ0v) is 18.9. The fraction of sp³-hybridized carbons (Fsp3) is 0.379. The number of rotatable bonds is 8. The van der Waals surface area contributed by atoms with Crippen LogP contribution in [0.25, 0.3) is 10.8 Å². The molecule has 32 heavy (non-hydrogen) atoms. The minimum Gasteiger partial charge on any atom is -0.486 e. The van der Waals surface area contributed by atoms with Gasteiger partial charge in [-0.1, -0.05) is 62.4 Å². The van der Waals surface area contributed by atoms with E-state index in [9.17, 15) is 8.78 Å². The van der Waals surface area contributed by atoms with E-state index >= 15 is 0 Å².